The summed E-state index contributed by atoms with van der Waals surface area (Å²) in [7, 11) is 0. The molecular weight excluding hydrogens is 649 g/mol. The molecule has 12 unspecified atom stereocenters. The quantitative estimate of drug-likeness (QED) is 0.277. The van der Waals surface area contributed by atoms with Gasteiger partial charge in [0.25, 0.3) is 0 Å². The molecule has 0 aromatic heterocycles. The molecular formula is C49H48N2O2. The van der Waals surface area contributed by atoms with Crippen LogP contribution < -0.4 is 15.0 Å². The van der Waals surface area contributed by atoms with Gasteiger partial charge in [-0.05, 0) is 66.5 Å². The first-order valence-electron chi connectivity index (χ1n) is 20.1. The molecule has 4 nitrogen and oxygen atoms in total. The van der Waals surface area contributed by atoms with Gasteiger partial charge in [0.05, 0.1) is 24.3 Å². The Morgan fingerprint density at radius 3 is 2.51 bits per heavy atom. The number of nitrogens with zero attached hydrogens (tertiary/aromatic N) is 1. The molecule has 0 saturated carbocycles. The van der Waals surface area contributed by atoms with E-state index in [0.29, 0.717) is 35.8 Å². The molecule has 3 aromatic carbocycles. The number of nitrogens with one attached hydrogen (secondary N) is 1. The summed E-state index contributed by atoms with van der Waals surface area (Å²) in [6.45, 7) is 3.33. The first-order valence-corrected chi connectivity index (χ1v) is 20.1. The van der Waals surface area contributed by atoms with Gasteiger partial charge in [0.15, 0.2) is 0 Å². The smallest absolute Gasteiger partial charge is 0.132 e. The molecule has 266 valence electrons. The Hall–Kier alpha value is -4.64. The molecule has 0 bridgehead atoms. The number of hydrogen-bond acceptors (Lipinski definition) is 4. The molecule has 2 saturated heterocycles. The first-order chi connectivity index (χ1) is 26.2. The van der Waals surface area contributed by atoms with E-state index in [2.05, 4.69) is 169 Å². The predicted octanol–water partition coefficient (Wildman–Crippen LogP) is 9.74. The summed E-state index contributed by atoms with van der Waals surface area (Å²) in [5.41, 5.74) is 6.24. The number of allylic oxidation sites excluding steroid dienone is 5. The Morgan fingerprint density at radius 2 is 1.60 bits per heavy atom. The van der Waals surface area contributed by atoms with Crippen LogP contribution in [0.2, 0.25) is 0 Å². The molecule has 8 aliphatic rings. The number of rotatable bonds is 3. The second-order valence-corrected chi connectivity index (χ2v) is 16.7. The highest BCUT2D eigenvalue weighted by Gasteiger charge is 2.62. The van der Waals surface area contributed by atoms with E-state index in [1.165, 1.54) is 28.0 Å². The van der Waals surface area contributed by atoms with Gasteiger partial charge in [0.1, 0.15) is 11.5 Å². The summed E-state index contributed by atoms with van der Waals surface area (Å²) in [4.78, 5) is 2.67. The van der Waals surface area contributed by atoms with Crippen LogP contribution in [-0.4, -0.2) is 36.9 Å². The van der Waals surface area contributed by atoms with Crippen molar-refractivity contribution in [2.75, 3.05) is 11.4 Å². The minimum Gasteiger partial charge on any atom is -0.457 e. The van der Waals surface area contributed by atoms with Crippen LogP contribution in [-0.2, 0) is 10.2 Å². The van der Waals surface area contributed by atoms with Crippen LogP contribution in [0.5, 0.6) is 11.5 Å². The maximum Gasteiger partial charge on any atom is 0.132 e. The standard InChI is InChI=1S/C49H48N2O2/c1-31-21-26-45-40(28-31)49(39-25-23-33(30-47(39)53-45)41-17-9-10-27-50-41)38-16-6-8-19-44(38)52-46-20-11-15-35(48(46)49)32-22-24-37-36-14-5-7-18-42(36)51(43(37)29-32)34-12-3-2-4-13-34/h2-16,18-26,29,31,33,36-37,39-43,45,47,50H,17,27-28,30H2,1H3. The van der Waals surface area contributed by atoms with Gasteiger partial charge in [-0.25, -0.2) is 0 Å². The number of hydrogen-bond donors (Lipinski definition) is 1. The summed E-state index contributed by atoms with van der Waals surface area (Å²) in [5, 5.41) is 3.80. The molecule has 12 atom stereocenters. The van der Waals surface area contributed by atoms with E-state index in [9.17, 15) is 0 Å². The van der Waals surface area contributed by atoms with Crippen molar-refractivity contribution >= 4 is 11.3 Å². The minimum atomic E-state index is -0.325. The second kappa shape index (κ2) is 12.5. The Labute approximate surface area is 314 Å². The lowest BCUT2D eigenvalue weighted by atomic mass is 9.49. The van der Waals surface area contributed by atoms with Crippen molar-refractivity contribution in [1.82, 2.24) is 5.32 Å². The third-order valence-corrected chi connectivity index (χ3v) is 14.0. The van der Waals surface area contributed by atoms with E-state index in [0.717, 1.165) is 37.3 Å². The Morgan fingerprint density at radius 1 is 0.755 bits per heavy atom. The van der Waals surface area contributed by atoms with Crippen LogP contribution in [0.4, 0.5) is 5.69 Å². The fourth-order valence-corrected chi connectivity index (χ4v) is 11.8. The maximum absolute atomic E-state index is 7.31. The highest BCUT2D eigenvalue weighted by molar-refractivity contribution is 5.83. The van der Waals surface area contributed by atoms with Gasteiger partial charge < -0.3 is 19.7 Å². The van der Waals surface area contributed by atoms with Gasteiger partial charge in [-0.3, -0.25) is 0 Å². The van der Waals surface area contributed by atoms with Crippen molar-refractivity contribution in [3.63, 3.8) is 0 Å². The van der Waals surface area contributed by atoms with Crippen LogP contribution in [0.25, 0.3) is 5.57 Å². The predicted molar refractivity (Wildman–Crippen MR) is 214 cm³/mol. The monoisotopic (exact) mass is 696 g/mol. The number of para-hydroxylation sites is 2. The fourth-order valence-electron chi connectivity index (χ4n) is 11.8. The van der Waals surface area contributed by atoms with Gasteiger partial charge >= 0.3 is 0 Å². The van der Waals surface area contributed by atoms with E-state index in [1.54, 1.807) is 0 Å². The van der Waals surface area contributed by atoms with Crippen LogP contribution in [0.1, 0.15) is 42.9 Å². The molecule has 1 N–H and O–H groups in total. The lowest BCUT2D eigenvalue weighted by Crippen LogP contribution is -2.61. The molecule has 4 heterocycles. The molecule has 0 radical (unpaired) electrons. The second-order valence-electron chi connectivity index (χ2n) is 16.7. The SMILES string of the molecule is CC1C=CC2OC3CC(C4CC=CCN4)C=CC3C3(c4ccccc4Oc4cccc(C5=CC6C(C=C5)C5C=CC=CC5N6c5ccccc5)c43)C2C1. The molecule has 2 fully saturated rings. The Kier molecular flexibility index (Phi) is 7.49. The van der Waals surface area contributed by atoms with E-state index in [1.807, 2.05) is 0 Å². The van der Waals surface area contributed by atoms with Crippen LogP contribution in [0.3, 0.4) is 0 Å². The lowest BCUT2D eigenvalue weighted by molar-refractivity contribution is -0.135. The van der Waals surface area contributed by atoms with Gasteiger partial charge in [0, 0.05) is 58.5 Å². The minimum absolute atomic E-state index is 0.0382. The normalized spacial score (nSPS) is 38.2. The van der Waals surface area contributed by atoms with Crippen LogP contribution >= 0.6 is 0 Å². The van der Waals surface area contributed by atoms with E-state index in [-0.39, 0.29) is 35.5 Å². The molecule has 3 aromatic rings. The summed E-state index contributed by atoms with van der Waals surface area (Å²) >= 11 is 0. The van der Waals surface area contributed by atoms with Gasteiger partial charge in [-0.15, -0.1) is 0 Å². The summed E-state index contributed by atoms with van der Waals surface area (Å²) in [5.74, 6) is 4.17. The van der Waals surface area contributed by atoms with Crippen molar-refractivity contribution in [3.8, 4) is 11.5 Å². The summed E-state index contributed by atoms with van der Waals surface area (Å²) in [6, 6.07) is 27.8. The molecule has 53 heavy (non-hydrogen) atoms. The number of benzene rings is 3. The summed E-state index contributed by atoms with van der Waals surface area (Å²) in [6.07, 6.45) is 34.7. The van der Waals surface area contributed by atoms with Crippen molar-refractivity contribution in [2.24, 2.45) is 35.5 Å². The molecule has 4 aliphatic carbocycles. The molecule has 0 amide bonds. The third kappa shape index (κ3) is 4.81. The average Bonchev–Trinajstić information content (AvgIpc) is 3.55. The largest absolute Gasteiger partial charge is 0.457 e. The topological polar surface area (TPSA) is 33.7 Å². The zero-order valence-electron chi connectivity index (χ0n) is 30.4. The Balaban J connectivity index is 1.11. The van der Waals surface area contributed by atoms with E-state index in [4.69, 9.17) is 9.47 Å². The highest BCUT2D eigenvalue weighted by Crippen LogP contribution is 2.65. The van der Waals surface area contributed by atoms with E-state index >= 15 is 0 Å². The van der Waals surface area contributed by atoms with Crippen LogP contribution in [0, 0.1) is 35.5 Å². The van der Waals surface area contributed by atoms with Crippen LogP contribution in [0.15, 0.2) is 152 Å². The first kappa shape index (κ1) is 31.8. The number of anilines is 1. The fraction of sp³-hybridized carbons (Fsp3) is 0.347. The molecule has 1 spiro atoms. The zero-order chi connectivity index (χ0) is 35.1. The molecule has 4 heteroatoms. The zero-order valence-corrected chi connectivity index (χ0v) is 30.4. The van der Waals surface area contributed by atoms with Gasteiger partial charge in [-0.1, -0.05) is 134 Å². The van der Waals surface area contributed by atoms with Crippen molar-refractivity contribution in [1.29, 1.82) is 0 Å². The van der Waals surface area contributed by atoms with Crippen molar-refractivity contribution < 1.29 is 9.47 Å². The third-order valence-electron chi connectivity index (χ3n) is 14.0. The van der Waals surface area contributed by atoms with Crippen molar-refractivity contribution in [2.45, 2.75) is 61.9 Å². The molecule has 4 aliphatic heterocycles. The average molecular weight is 697 g/mol. The lowest BCUT2D eigenvalue weighted by Gasteiger charge is -2.60. The number of fused-ring (bicyclic) bond motifs is 11. The maximum atomic E-state index is 7.31. The Bertz CT molecular complexity index is 2140. The van der Waals surface area contributed by atoms with E-state index < -0.39 is 0 Å². The summed E-state index contributed by atoms with van der Waals surface area (Å²) < 4.78 is 14.3. The molecule has 11 rings (SSSR count). The van der Waals surface area contributed by atoms with Gasteiger partial charge in [-0.2, -0.15) is 0 Å². The highest BCUT2D eigenvalue weighted by atomic mass is 16.5. The number of ether oxygens (including phenoxy) is 2. The van der Waals surface area contributed by atoms with Gasteiger partial charge in [0.2, 0.25) is 0 Å². The van der Waals surface area contributed by atoms with Crippen molar-refractivity contribution in [3.05, 3.63) is 168 Å².